The van der Waals surface area contributed by atoms with Gasteiger partial charge < -0.3 is 10.0 Å². The second kappa shape index (κ2) is 5.40. The van der Waals surface area contributed by atoms with Crippen LogP contribution < -0.4 is 0 Å². The summed E-state index contributed by atoms with van der Waals surface area (Å²) in [4.78, 5) is 26.4. The number of amides is 1. The maximum Gasteiger partial charge on any atom is 0.320 e. The van der Waals surface area contributed by atoms with Gasteiger partial charge in [-0.15, -0.1) is 5.10 Å². The van der Waals surface area contributed by atoms with Gasteiger partial charge >= 0.3 is 5.97 Å². The van der Waals surface area contributed by atoms with Crippen LogP contribution in [0.25, 0.3) is 0 Å². The molecule has 1 saturated heterocycles. The van der Waals surface area contributed by atoms with Crippen molar-refractivity contribution in [3.05, 3.63) is 11.1 Å². The van der Waals surface area contributed by atoms with Crippen LogP contribution in [0.2, 0.25) is 0 Å². The summed E-state index contributed by atoms with van der Waals surface area (Å²) in [6, 6.07) is -0.511. The van der Waals surface area contributed by atoms with E-state index >= 15 is 0 Å². The third kappa shape index (κ3) is 2.65. The Balaban J connectivity index is 1.91. The second-order valence-corrected chi connectivity index (χ2v) is 4.74. The Morgan fingerprint density at radius 2 is 2.06 bits per heavy atom. The maximum atomic E-state index is 12.0. The van der Waals surface area contributed by atoms with Gasteiger partial charge in [-0.3, -0.25) is 14.5 Å². The van der Waals surface area contributed by atoms with Crippen molar-refractivity contribution in [3.63, 3.8) is 0 Å². The van der Waals surface area contributed by atoms with E-state index in [-0.39, 0.29) is 5.91 Å². The van der Waals surface area contributed by atoms with Gasteiger partial charge in [0.05, 0.1) is 0 Å². The Bertz CT molecular complexity index is 428. The molecule has 0 bridgehead atoms. The van der Waals surface area contributed by atoms with Crippen molar-refractivity contribution in [1.82, 2.24) is 19.4 Å². The standard InChI is InChI=1S/C10H14N4O3S/c1-7(10(16)17)13-2-4-14(5-3-13)9(15)8-6-18-12-11-8/h6-7H,2-5H2,1H3,(H,16,17). The van der Waals surface area contributed by atoms with Gasteiger partial charge in [-0.1, -0.05) is 4.49 Å². The van der Waals surface area contributed by atoms with E-state index in [0.717, 1.165) is 11.5 Å². The van der Waals surface area contributed by atoms with Crippen LogP contribution in [0.15, 0.2) is 5.38 Å². The Morgan fingerprint density at radius 1 is 1.39 bits per heavy atom. The number of hydrogen-bond acceptors (Lipinski definition) is 6. The number of nitrogens with zero attached hydrogens (tertiary/aromatic N) is 4. The van der Waals surface area contributed by atoms with Gasteiger partial charge in [0.1, 0.15) is 6.04 Å². The van der Waals surface area contributed by atoms with Gasteiger partial charge in [0.15, 0.2) is 5.69 Å². The molecule has 1 N–H and O–H groups in total. The van der Waals surface area contributed by atoms with Gasteiger partial charge in [-0.05, 0) is 18.5 Å². The van der Waals surface area contributed by atoms with Crippen molar-refractivity contribution in [2.24, 2.45) is 0 Å². The topological polar surface area (TPSA) is 86.6 Å². The lowest BCUT2D eigenvalue weighted by molar-refractivity contribution is -0.143. The third-order valence-electron chi connectivity index (χ3n) is 3.09. The molecule has 2 rings (SSSR count). The van der Waals surface area contributed by atoms with Crippen LogP contribution in [0, 0.1) is 0 Å². The van der Waals surface area contributed by atoms with Crippen LogP contribution in [0.3, 0.4) is 0 Å². The number of aromatic nitrogens is 2. The molecule has 1 amide bonds. The first-order valence-corrected chi connectivity index (χ1v) is 6.46. The summed E-state index contributed by atoms with van der Waals surface area (Å²) >= 11 is 1.14. The first-order chi connectivity index (χ1) is 8.59. The molecule has 0 aliphatic carbocycles. The molecule has 0 saturated carbocycles. The highest BCUT2D eigenvalue weighted by molar-refractivity contribution is 7.03. The molecule has 1 aliphatic rings. The molecule has 1 aliphatic heterocycles. The predicted octanol–water partition coefficient (Wildman–Crippen LogP) is -0.231. The highest BCUT2D eigenvalue weighted by atomic mass is 32.1. The quantitative estimate of drug-likeness (QED) is 0.816. The van der Waals surface area contributed by atoms with Gasteiger partial charge in [-0.2, -0.15) is 0 Å². The summed E-state index contributed by atoms with van der Waals surface area (Å²) in [5.74, 6) is -0.968. The average Bonchev–Trinajstić information content (AvgIpc) is 2.91. The smallest absolute Gasteiger partial charge is 0.320 e. The number of carboxylic acids is 1. The minimum Gasteiger partial charge on any atom is -0.480 e. The number of piperazine rings is 1. The minimum absolute atomic E-state index is 0.133. The molecule has 8 heteroatoms. The van der Waals surface area contributed by atoms with Crippen molar-refractivity contribution in [3.8, 4) is 0 Å². The third-order valence-corrected chi connectivity index (χ3v) is 3.59. The summed E-state index contributed by atoms with van der Waals surface area (Å²) in [7, 11) is 0. The first kappa shape index (κ1) is 12.9. The SMILES string of the molecule is CC(C(=O)O)N1CCN(C(=O)c2csnn2)CC1. The number of carbonyl (C=O) groups excluding carboxylic acids is 1. The van der Waals surface area contributed by atoms with E-state index in [1.54, 1.807) is 17.2 Å². The lowest BCUT2D eigenvalue weighted by atomic mass is 10.2. The van der Waals surface area contributed by atoms with Crippen LogP contribution in [0.1, 0.15) is 17.4 Å². The van der Waals surface area contributed by atoms with Crippen molar-refractivity contribution in [1.29, 1.82) is 0 Å². The fourth-order valence-electron chi connectivity index (χ4n) is 1.89. The Hall–Kier alpha value is -1.54. The molecule has 18 heavy (non-hydrogen) atoms. The van der Waals surface area contributed by atoms with E-state index < -0.39 is 12.0 Å². The van der Waals surface area contributed by atoms with Crippen molar-refractivity contribution in [2.75, 3.05) is 26.2 Å². The lowest BCUT2D eigenvalue weighted by Gasteiger charge is -2.36. The first-order valence-electron chi connectivity index (χ1n) is 5.63. The zero-order chi connectivity index (χ0) is 13.1. The number of carboxylic acid groups (broad SMARTS) is 1. The molecule has 1 fully saturated rings. The molecule has 0 aromatic carbocycles. The molecule has 7 nitrogen and oxygen atoms in total. The number of carbonyl (C=O) groups is 2. The Kier molecular flexibility index (Phi) is 3.87. The molecule has 2 heterocycles. The molecule has 0 spiro atoms. The largest absolute Gasteiger partial charge is 0.480 e. The summed E-state index contributed by atoms with van der Waals surface area (Å²) in [6.45, 7) is 3.83. The highest BCUT2D eigenvalue weighted by Gasteiger charge is 2.28. The highest BCUT2D eigenvalue weighted by Crippen LogP contribution is 2.10. The lowest BCUT2D eigenvalue weighted by Crippen LogP contribution is -2.53. The molecule has 98 valence electrons. The summed E-state index contributed by atoms with van der Waals surface area (Å²) < 4.78 is 3.66. The van der Waals surface area contributed by atoms with Crippen LogP contribution >= 0.6 is 11.5 Å². The molecule has 1 unspecified atom stereocenters. The van der Waals surface area contributed by atoms with Crippen LogP contribution in [0.5, 0.6) is 0 Å². The van der Waals surface area contributed by atoms with Crippen molar-refractivity contribution in [2.45, 2.75) is 13.0 Å². The van der Waals surface area contributed by atoms with Gasteiger partial charge in [0.25, 0.3) is 5.91 Å². The normalized spacial score (nSPS) is 18.6. The molecule has 0 radical (unpaired) electrons. The molecular formula is C10H14N4O3S. The Labute approximate surface area is 108 Å². The fourth-order valence-corrected chi connectivity index (χ4v) is 2.32. The zero-order valence-electron chi connectivity index (χ0n) is 9.94. The fraction of sp³-hybridized carbons (Fsp3) is 0.600. The molecule has 1 aromatic heterocycles. The van der Waals surface area contributed by atoms with Gasteiger partial charge in [-0.25, -0.2) is 0 Å². The van der Waals surface area contributed by atoms with E-state index in [0.29, 0.717) is 31.9 Å². The molecule has 1 aromatic rings. The number of hydrogen-bond donors (Lipinski definition) is 1. The molecular weight excluding hydrogens is 256 g/mol. The van der Waals surface area contributed by atoms with E-state index in [9.17, 15) is 9.59 Å². The number of rotatable bonds is 3. The Morgan fingerprint density at radius 3 is 2.56 bits per heavy atom. The van der Waals surface area contributed by atoms with E-state index in [1.807, 2.05) is 4.90 Å². The van der Waals surface area contributed by atoms with Gasteiger partial charge in [0, 0.05) is 31.6 Å². The van der Waals surface area contributed by atoms with Crippen molar-refractivity contribution < 1.29 is 14.7 Å². The second-order valence-electron chi connectivity index (χ2n) is 4.13. The van der Waals surface area contributed by atoms with E-state index in [4.69, 9.17) is 5.11 Å². The summed E-state index contributed by atoms with van der Waals surface area (Å²) in [6.07, 6.45) is 0. The van der Waals surface area contributed by atoms with Crippen molar-refractivity contribution >= 4 is 23.4 Å². The minimum atomic E-state index is -0.835. The summed E-state index contributed by atoms with van der Waals surface area (Å²) in [5.41, 5.74) is 0.361. The van der Waals surface area contributed by atoms with Crippen LogP contribution in [0.4, 0.5) is 0 Å². The van der Waals surface area contributed by atoms with Gasteiger partial charge in [0.2, 0.25) is 0 Å². The zero-order valence-corrected chi connectivity index (χ0v) is 10.8. The number of aliphatic carboxylic acids is 1. The average molecular weight is 270 g/mol. The van der Waals surface area contributed by atoms with E-state index in [1.165, 1.54) is 0 Å². The summed E-state index contributed by atoms with van der Waals surface area (Å²) in [5, 5.41) is 14.3. The van der Waals surface area contributed by atoms with Crippen LogP contribution in [-0.2, 0) is 4.79 Å². The van der Waals surface area contributed by atoms with E-state index in [2.05, 4.69) is 9.59 Å². The monoisotopic (exact) mass is 270 g/mol. The van der Waals surface area contributed by atoms with Crippen LogP contribution in [-0.4, -0.2) is 68.6 Å². The maximum absolute atomic E-state index is 12.0. The molecule has 1 atom stereocenters. The predicted molar refractivity (Wildman–Crippen MR) is 64.5 cm³/mol.